The fraction of sp³-hybridized carbons (Fsp3) is 0. The van der Waals surface area contributed by atoms with E-state index in [9.17, 15) is 29.8 Å². The Morgan fingerprint density at radius 2 is 1.77 bits per heavy atom. The van der Waals surface area contributed by atoms with Crippen LogP contribution in [0.15, 0.2) is 45.9 Å². The SMILES string of the molecule is NC(=O)N(N=Cc1ccc([N+](=O)[O-])o1)C(=O)Nc1ccc([N+](=O)[O-])cc1. The smallest absolute Gasteiger partial charge is 0.400 e. The van der Waals surface area contributed by atoms with Crippen LogP contribution < -0.4 is 11.1 Å². The minimum Gasteiger partial charge on any atom is -0.400 e. The van der Waals surface area contributed by atoms with Crippen molar-refractivity contribution < 1.29 is 23.9 Å². The molecule has 0 radical (unpaired) electrons. The monoisotopic (exact) mass is 362 g/mol. The van der Waals surface area contributed by atoms with Crippen LogP contribution in [0, 0.1) is 20.2 Å². The van der Waals surface area contributed by atoms with Gasteiger partial charge >= 0.3 is 17.9 Å². The summed E-state index contributed by atoms with van der Waals surface area (Å²) in [5, 5.41) is 27.1. The number of non-ortho nitro benzene ring substituents is 1. The Labute approximate surface area is 144 Å². The third-order valence-corrected chi connectivity index (χ3v) is 2.82. The van der Waals surface area contributed by atoms with Gasteiger partial charge in [0.05, 0.1) is 17.2 Å². The second-order valence-electron chi connectivity index (χ2n) is 4.56. The van der Waals surface area contributed by atoms with E-state index in [1.165, 1.54) is 18.2 Å². The van der Waals surface area contributed by atoms with Crippen LogP contribution in [-0.2, 0) is 0 Å². The molecule has 0 bridgehead atoms. The van der Waals surface area contributed by atoms with Gasteiger partial charge in [-0.05, 0) is 18.2 Å². The van der Waals surface area contributed by atoms with E-state index >= 15 is 0 Å². The van der Waals surface area contributed by atoms with E-state index in [1.54, 1.807) is 0 Å². The predicted molar refractivity (Wildman–Crippen MR) is 86.5 cm³/mol. The number of benzene rings is 1. The van der Waals surface area contributed by atoms with Gasteiger partial charge in [-0.1, -0.05) is 0 Å². The Morgan fingerprint density at radius 3 is 2.27 bits per heavy atom. The van der Waals surface area contributed by atoms with Crippen LogP contribution in [-0.4, -0.2) is 33.1 Å². The fourth-order valence-corrected chi connectivity index (χ4v) is 1.68. The molecule has 1 aromatic heterocycles. The average molecular weight is 362 g/mol. The molecule has 3 N–H and O–H groups in total. The van der Waals surface area contributed by atoms with Crippen molar-refractivity contribution in [3.8, 4) is 0 Å². The molecule has 2 rings (SSSR count). The molecular formula is C13H10N6O7. The lowest BCUT2D eigenvalue weighted by Gasteiger charge is -2.13. The number of anilines is 1. The highest BCUT2D eigenvalue weighted by Gasteiger charge is 2.19. The summed E-state index contributed by atoms with van der Waals surface area (Å²) in [7, 11) is 0. The van der Waals surface area contributed by atoms with E-state index < -0.39 is 27.8 Å². The lowest BCUT2D eigenvalue weighted by molar-refractivity contribution is -0.402. The van der Waals surface area contributed by atoms with E-state index in [0.717, 1.165) is 24.4 Å². The van der Waals surface area contributed by atoms with E-state index in [1.807, 2.05) is 0 Å². The number of nitrogens with zero attached hydrogens (tertiary/aromatic N) is 4. The highest BCUT2D eigenvalue weighted by molar-refractivity contribution is 6.00. The summed E-state index contributed by atoms with van der Waals surface area (Å²) in [6.45, 7) is 0. The summed E-state index contributed by atoms with van der Waals surface area (Å²) >= 11 is 0. The van der Waals surface area contributed by atoms with Gasteiger partial charge in [0.1, 0.15) is 4.92 Å². The number of nitrogens with two attached hydrogens (primary N) is 1. The minimum atomic E-state index is -1.23. The van der Waals surface area contributed by atoms with Crippen LogP contribution in [0.3, 0.4) is 0 Å². The predicted octanol–water partition coefficient (Wildman–Crippen LogP) is 2.04. The van der Waals surface area contributed by atoms with Crippen molar-refractivity contribution in [2.45, 2.75) is 0 Å². The third-order valence-electron chi connectivity index (χ3n) is 2.82. The van der Waals surface area contributed by atoms with Gasteiger partial charge in [-0.15, -0.1) is 5.01 Å². The molecule has 26 heavy (non-hydrogen) atoms. The first-order valence-corrected chi connectivity index (χ1v) is 6.71. The second-order valence-corrected chi connectivity index (χ2v) is 4.56. The zero-order chi connectivity index (χ0) is 19.3. The van der Waals surface area contributed by atoms with Crippen molar-refractivity contribution in [3.63, 3.8) is 0 Å². The van der Waals surface area contributed by atoms with Gasteiger partial charge in [-0.2, -0.15) is 5.10 Å². The van der Waals surface area contributed by atoms with Crippen LogP contribution in [0.4, 0.5) is 26.8 Å². The van der Waals surface area contributed by atoms with Crippen LogP contribution in [0.2, 0.25) is 0 Å². The number of urea groups is 2. The molecule has 0 atom stereocenters. The van der Waals surface area contributed by atoms with Crippen molar-refractivity contribution in [2.24, 2.45) is 10.8 Å². The molecule has 0 aliphatic heterocycles. The van der Waals surface area contributed by atoms with E-state index in [0.29, 0.717) is 0 Å². The molecule has 2 aromatic rings. The number of hydrogen-bond acceptors (Lipinski definition) is 8. The summed E-state index contributed by atoms with van der Waals surface area (Å²) in [5.41, 5.74) is 5.02. The molecule has 0 saturated heterocycles. The molecule has 13 heteroatoms. The quantitative estimate of drug-likeness (QED) is 0.462. The number of carbonyl (C=O) groups excluding carboxylic acids is 2. The van der Waals surface area contributed by atoms with Gasteiger partial charge in [-0.3, -0.25) is 20.2 Å². The number of nitrogens with one attached hydrogen (secondary N) is 1. The standard InChI is InChI=1S/C13H10N6O7/c14-12(20)17(15-7-10-5-6-11(26-10)19(24)25)13(21)16-8-1-3-9(4-2-8)18(22)23/h1-7H,(H2,14,20)(H,16,21). The van der Waals surface area contributed by atoms with Gasteiger partial charge < -0.3 is 15.5 Å². The third kappa shape index (κ3) is 4.38. The normalized spacial score (nSPS) is 10.5. The molecule has 0 unspecified atom stereocenters. The molecule has 13 nitrogen and oxygen atoms in total. The van der Waals surface area contributed by atoms with E-state index in [2.05, 4.69) is 10.4 Å². The zero-order valence-electron chi connectivity index (χ0n) is 12.8. The lowest BCUT2D eigenvalue weighted by atomic mass is 10.3. The summed E-state index contributed by atoms with van der Waals surface area (Å²) in [5.74, 6) is -0.640. The Kier molecular flexibility index (Phi) is 5.22. The second kappa shape index (κ2) is 7.52. The number of nitro groups is 2. The molecule has 0 aliphatic rings. The molecule has 0 aliphatic carbocycles. The molecule has 134 valence electrons. The van der Waals surface area contributed by atoms with Gasteiger partial charge in [0.2, 0.25) is 0 Å². The minimum absolute atomic E-state index is 0.0916. The van der Waals surface area contributed by atoms with Crippen molar-refractivity contribution in [1.82, 2.24) is 5.01 Å². The number of furan rings is 1. The Bertz CT molecular complexity index is 889. The molecule has 1 aromatic carbocycles. The van der Waals surface area contributed by atoms with Gasteiger partial charge in [0.15, 0.2) is 5.76 Å². The van der Waals surface area contributed by atoms with Crippen LogP contribution >= 0.6 is 0 Å². The van der Waals surface area contributed by atoms with Crippen LogP contribution in [0.25, 0.3) is 0 Å². The van der Waals surface area contributed by atoms with Gasteiger partial charge in [0.25, 0.3) is 5.69 Å². The molecular weight excluding hydrogens is 352 g/mol. The van der Waals surface area contributed by atoms with Crippen LogP contribution in [0.1, 0.15) is 5.76 Å². The Hall–Kier alpha value is -4.29. The molecule has 0 fully saturated rings. The first kappa shape index (κ1) is 18.1. The van der Waals surface area contributed by atoms with Crippen molar-refractivity contribution in [1.29, 1.82) is 0 Å². The number of amides is 4. The van der Waals surface area contributed by atoms with Crippen molar-refractivity contribution in [2.75, 3.05) is 5.32 Å². The summed E-state index contributed by atoms with van der Waals surface area (Å²) in [6, 6.07) is 4.77. The number of rotatable bonds is 5. The zero-order valence-corrected chi connectivity index (χ0v) is 12.8. The van der Waals surface area contributed by atoms with Gasteiger partial charge in [0, 0.05) is 17.8 Å². The lowest BCUT2D eigenvalue weighted by Crippen LogP contribution is -2.39. The Morgan fingerprint density at radius 1 is 1.12 bits per heavy atom. The number of hydrazone groups is 1. The molecule has 1 heterocycles. The average Bonchev–Trinajstić information content (AvgIpc) is 3.04. The summed E-state index contributed by atoms with van der Waals surface area (Å²) in [6.07, 6.45) is 0.882. The topological polar surface area (TPSA) is 187 Å². The Balaban J connectivity index is 2.11. The molecule has 0 saturated carbocycles. The molecule has 4 amide bonds. The summed E-state index contributed by atoms with van der Waals surface area (Å²) in [4.78, 5) is 43.1. The highest BCUT2D eigenvalue weighted by Crippen LogP contribution is 2.16. The number of hydrogen-bond donors (Lipinski definition) is 2. The van der Waals surface area contributed by atoms with Crippen molar-refractivity contribution >= 4 is 35.5 Å². The number of carbonyl (C=O) groups is 2. The number of nitro benzene ring substituents is 1. The van der Waals surface area contributed by atoms with Crippen LogP contribution in [0.5, 0.6) is 0 Å². The fourth-order valence-electron chi connectivity index (χ4n) is 1.68. The maximum atomic E-state index is 12.0. The highest BCUT2D eigenvalue weighted by atomic mass is 16.6. The maximum absolute atomic E-state index is 12.0. The van der Waals surface area contributed by atoms with Crippen molar-refractivity contribution in [3.05, 3.63) is 62.4 Å². The van der Waals surface area contributed by atoms with E-state index in [-0.39, 0.29) is 22.1 Å². The maximum Gasteiger partial charge on any atom is 0.433 e. The first-order chi connectivity index (χ1) is 12.3. The summed E-state index contributed by atoms with van der Waals surface area (Å²) < 4.78 is 4.79. The molecule has 0 spiro atoms. The first-order valence-electron chi connectivity index (χ1n) is 6.71. The van der Waals surface area contributed by atoms with E-state index in [4.69, 9.17) is 10.2 Å². The largest absolute Gasteiger partial charge is 0.433 e. The van der Waals surface area contributed by atoms with Gasteiger partial charge in [-0.25, -0.2) is 9.59 Å². The number of primary amides is 1. The number of imide groups is 1.